The molecule has 0 atom stereocenters. The van der Waals surface area contributed by atoms with Crippen LogP contribution in [-0.4, -0.2) is 14.8 Å². The van der Waals surface area contributed by atoms with Gasteiger partial charge in [0.25, 0.3) is 0 Å². The van der Waals surface area contributed by atoms with Crippen LogP contribution in [0.15, 0.2) is 35.7 Å². The molecule has 6 heteroatoms. The summed E-state index contributed by atoms with van der Waals surface area (Å²) in [6, 6.07) is 8.11. The van der Waals surface area contributed by atoms with E-state index in [0.717, 1.165) is 4.88 Å². The van der Waals surface area contributed by atoms with Crippen LogP contribution in [0.1, 0.15) is 0 Å². The first-order valence-electron chi connectivity index (χ1n) is 5.65. The molecule has 3 aromatic rings. The first kappa shape index (κ1) is 11.9. The van der Waals surface area contributed by atoms with Gasteiger partial charge in [-0.05, 0) is 29.6 Å². The van der Waals surface area contributed by atoms with Gasteiger partial charge in [-0.3, -0.25) is 0 Å². The van der Waals surface area contributed by atoms with Crippen molar-refractivity contribution in [3.63, 3.8) is 0 Å². The third-order valence-corrected chi connectivity index (χ3v) is 3.63. The molecule has 2 aromatic heterocycles. The van der Waals surface area contributed by atoms with Gasteiger partial charge in [0, 0.05) is 18.3 Å². The van der Waals surface area contributed by atoms with Gasteiger partial charge in [-0.1, -0.05) is 6.07 Å². The molecular weight excluding hydrogens is 263 g/mol. The van der Waals surface area contributed by atoms with E-state index in [2.05, 4.69) is 10.1 Å². The van der Waals surface area contributed by atoms with Gasteiger partial charge in [0.05, 0.1) is 4.88 Å². The van der Waals surface area contributed by atoms with Crippen molar-refractivity contribution < 1.29 is 4.39 Å². The van der Waals surface area contributed by atoms with Crippen molar-refractivity contribution >= 4 is 17.0 Å². The lowest BCUT2D eigenvalue weighted by Crippen LogP contribution is -1.98. The van der Waals surface area contributed by atoms with Crippen molar-refractivity contribution in [2.45, 2.75) is 0 Å². The SMILES string of the molecule is Cn1nc(-c2cccs2)nc1-c1cc(F)ccc1N. The number of hydrogen-bond acceptors (Lipinski definition) is 4. The molecule has 0 unspecified atom stereocenters. The predicted octanol–water partition coefficient (Wildman–Crippen LogP) is 2.93. The van der Waals surface area contributed by atoms with Crippen LogP contribution in [0, 0.1) is 5.82 Å². The zero-order valence-corrected chi connectivity index (χ0v) is 11.0. The molecule has 2 heterocycles. The Hall–Kier alpha value is -2.21. The number of nitrogens with zero attached hydrogens (tertiary/aromatic N) is 3. The monoisotopic (exact) mass is 274 g/mol. The number of nitrogen functional groups attached to an aromatic ring is 1. The van der Waals surface area contributed by atoms with Crippen LogP contribution in [0.4, 0.5) is 10.1 Å². The normalized spacial score (nSPS) is 10.8. The second kappa shape index (κ2) is 4.47. The highest BCUT2D eigenvalue weighted by Crippen LogP contribution is 2.28. The Kier molecular flexibility index (Phi) is 2.79. The van der Waals surface area contributed by atoms with E-state index in [1.807, 2.05) is 17.5 Å². The Morgan fingerprint density at radius 3 is 2.89 bits per heavy atom. The van der Waals surface area contributed by atoms with E-state index >= 15 is 0 Å². The first-order valence-corrected chi connectivity index (χ1v) is 6.53. The van der Waals surface area contributed by atoms with Crippen molar-refractivity contribution in [1.29, 1.82) is 0 Å². The lowest BCUT2D eigenvalue weighted by Gasteiger charge is -2.03. The smallest absolute Gasteiger partial charge is 0.191 e. The molecule has 96 valence electrons. The first-order chi connectivity index (χ1) is 9.15. The lowest BCUT2D eigenvalue weighted by molar-refractivity contribution is 0.628. The fraction of sp³-hybridized carbons (Fsp3) is 0.0769. The van der Waals surface area contributed by atoms with Crippen molar-refractivity contribution in [3.05, 3.63) is 41.5 Å². The van der Waals surface area contributed by atoms with Crippen LogP contribution in [-0.2, 0) is 7.05 Å². The molecule has 0 amide bonds. The Balaban J connectivity index is 2.13. The summed E-state index contributed by atoms with van der Waals surface area (Å²) in [6.45, 7) is 0. The quantitative estimate of drug-likeness (QED) is 0.731. The van der Waals surface area contributed by atoms with E-state index in [1.54, 1.807) is 23.1 Å². The topological polar surface area (TPSA) is 56.7 Å². The van der Waals surface area contributed by atoms with Gasteiger partial charge >= 0.3 is 0 Å². The molecule has 0 saturated carbocycles. The summed E-state index contributed by atoms with van der Waals surface area (Å²) in [5, 5.41) is 6.30. The van der Waals surface area contributed by atoms with Crippen LogP contribution in [0.2, 0.25) is 0 Å². The van der Waals surface area contributed by atoms with Gasteiger partial charge in [0.15, 0.2) is 11.6 Å². The summed E-state index contributed by atoms with van der Waals surface area (Å²) in [7, 11) is 1.77. The number of hydrogen-bond donors (Lipinski definition) is 1. The molecule has 0 radical (unpaired) electrons. The standard InChI is InChI=1S/C13H11FN4S/c1-18-13(9-7-8(14)4-5-10(9)15)16-12(17-18)11-3-2-6-19-11/h2-7H,15H2,1H3. The largest absolute Gasteiger partial charge is 0.398 e. The van der Waals surface area contributed by atoms with Gasteiger partial charge in [-0.15, -0.1) is 16.4 Å². The number of nitrogens with two attached hydrogens (primary N) is 1. The van der Waals surface area contributed by atoms with Crippen molar-refractivity contribution in [3.8, 4) is 22.1 Å². The molecule has 0 spiro atoms. The molecule has 0 aliphatic heterocycles. The highest BCUT2D eigenvalue weighted by molar-refractivity contribution is 7.13. The Labute approximate surface area is 113 Å². The van der Waals surface area contributed by atoms with E-state index < -0.39 is 0 Å². The van der Waals surface area contributed by atoms with Crippen LogP contribution in [0.5, 0.6) is 0 Å². The number of aryl methyl sites for hydroxylation is 1. The minimum atomic E-state index is -0.343. The number of aromatic nitrogens is 3. The summed E-state index contributed by atoms with van der Waals surface area (Å²) >= 11 is 1.56. The second-order valence-electron chi connectivity index (χ2n) is 4.09. The maximum absolute atomic E-state index is 13.3. The molecule has 1 aromatic carbocycles. The molecule has 3 rings (SSSR count). The highest BCUT2D eigenvalue weighted by Gasteiger charge is 2.14. The lowest BCUT2D eigenvalue weighted by atomic mass is 10.1. The van der Waals surface area contributed by atoms with Gasteiger partial charge in [-0.2, -0.15) is 0 Å². The maximum Gasteiger partial charge on any atom is 0.191 e. The molecule has 0 fully saturated rings. The second-order valence-corrected chi connectivity index (χ2v) is 5.04. The van der Waals surface area contributed by atoms with E-state index in [1.165, 1.54) is 18.2 Å². The predicted molar refractivity (Wildman–Crippen MR) is 74.1 cm³/mol. The molecule has 0 saturated heterocycles. The van der Waals surface area contributed by atoms with Crippen LogP contribution < -0.4 is 5.73 Å². The number of benzene rings is 1. The summed E-state index contributed by atoms with van der Waals surface area (Å²) in [4.78, 5) is 5.41. The van der Waals surface area contributed by atoms with Gasteiger partial charge in [0.1, 0.15) is 5.82 Å². The Morgan fingerprint density at radius 2 is 2.16 bits per heavy atom. The maximum atomic E-state index is 13.3. The molecule has 0 bridgehead atoms. The molecular formula is C13H11FN4S. The van der Waals surface area contributed by atoms with Crippen LogP contribution in [0.25, 0.3) is 22.1 Å². The molecule has 19 heavy (non-hydrogen) atoms. The van der Waals surface area contributed by atoms with Crippen molar-refractivity contribution in [2.75, 3.05) is 5.73 Å². The summed E-state index contributed by atoms with van der Waals surface area (Å²) in [5.41, 5.74) is 6.91. The minimum Gasteiger partial charge on any atom is -0.398 e. The fourth-order valence-electron chi connectivity index (χ4n) is 1.85. The van der Waals surface area contributed by atoms with E-state index in [-0.39, 0.29) is 5.82 Å². The zero-order chi connectivity index (χ0) is 13.4. The summed E-state index contributed by atoms with van der Waals surface area (Å²) < 4.78 is 14.9. The van der Waals surface area contributed by atoms with Crippen molar-refractivity contribution in [1.82, 2.24) is 14.8 Å². The average Bonchev–Trinajstić information content (AvgIpc) is 3.01. The Morgan fingerprint density at radius 1 is 1.32 bits per heavy atom. The molecule has 0 aliphatic rings. The van der Waals surface area contributed by atoms with Gasteiger partial charge in [0.2, 0.25) is 0 Å². The zero-order valence-electron chi connectivity index (χ0n) is 10.2. The number of anilines is 1. The number of halogens is 1. The fourth-order valence-corrected chi connectivity index (χ4v) is 2.50. The summed E-state index contributed by atoms with van der Waals surface area (Å²) in [6.07, 6.45) is 0. The Bertz CT molecular complexity index is 718. The highest BCUT2D eigenvalue weighted by atomic mass is 32.1. The van der Waals surface area contributed by atoms with E-state index in [4.69, 9.17) is 5.73 Å². The average molecular weight is 274 g/mol. The van der Waals surface area contributed by atoms with Crippen LogP contribution in [0.3, 0.4) is 0 Å². The molecule has 2 N–H and O–H groups in total. The number of rotatable bonds is 2. The summed E-state index contributed by atoms with van der Waals surface area (Å²) in [5.74, 6) is 0.835. The molecule has 0 aliphatic carbocycles. The van der Waals surface area contributed by atoms with E-state index in [9.17, 15) is 4.39 Å². The van der Waals surface area contributed by atoms with Gasteiger partial charge in [-0.25, -0.2) is 14.1 Å². The third kappa shape index (κ3) is 2.10. The third-order valence-electron chi connectivity index (χ3n) is 2.76. The molecule has 4 nitrogen and oxygen atoms in total. The van der Waals surface area contributed by atoms with Gasteiger partial charge < -0.3 is 5.73 Å². The van der Waals surface area contributed by atoms with Crippen molar-refractivity contribution in [2.24, 2.45) is 7.05 Å². The van der Waals surface area contributed by atoms with E-state index in [0.29, 0.717) is 22.9 Å². The number of thiophene rings is 1. The van der Waals surface area contributed by atoms with Crippen LogP contribution >= 0.6 is 11.3 Å². The minimum absolute atomic E-state index is 0.343.